The number of aromatic nitrogens is 4. The van der Waals surface area contributed by atoms with Crippen LogP contribution in [0.4, 0.5) is 0 Å². The van der Waals surface area contributed by atoms with Crippen molar-refractivity contribution < 1.29 is 4.79 Å². The zero-order valence-corrected chi connectivity index (χ0v) is 17.4. The minimum atomic E-state index is -0.0736. The number of nitrogens with two attached hydrogens (primary N) is 1. The molecule has 2 N–H and O–H groups in total. The highest BCUT2D eigenvalue weighted by Gasteiger charge is 2.34. The number of carbonyl (C=O) groups is 1. The van der Waals surface area contributed by atoms with Crippen molar-refractivity contribution in [2.75, 3.05) is 13.1 Å². The van der Waals surface area contributed by atoms with Crippen molar-refractivity contribution in [3.8, 4) is 5.69 Å². The van der Waals surface area contributed by atoms with Crippen LogP contribution in [0, 0.1) is 12.8 Å². The fourth-order valence-electron chi connectivity index (χ4n) is 3.76. The molecule has 9 heteroatoms. The van der Waals surface area contributed by atoms with Gasteiger partial charge >= 0.3 is 0 Å². The monoisotopic (exact) mass is 422 g/mol. The summed E-state index contributed by atoms with van der Waals surface area (Å²) in [5, 5.41) is 9.43. The van der Waals surface area contributed by atoms with Crippen molar-refractivity contribution in [1.82, 2.24) is 24.9 Å². The zero-order valence-electron chi connectivity index (χ0n) is 15.8. The number of hydrogen-bond donors (Lipinski definition) is 1. The summed E-state index contributed by atoms with van der Waals surface area (Å²) in [4.78, 5) is 19.3. The van der Waals surface area contributed by atoms with Crippen molar-refractivity contribution in [2.24, 2.45) is 11.7 Å². The maximum Gasteiger partial charge on any atom is 0.276 e. The average molecular weight is 423 g/mol. The Morgan fingerprint density at radius 1 is 1.25 bits per heavy atom. The van der Waals surface area contributed by atoms with Crippen LogP contribution in [0.25, 0.3) is 16.6 Å². The SMILES string of the molecule is Cc1c(C(=O)N2CC(CN)CC2C)nnn1-c1cccc2ncccc12.Cl.Cl. The summed E-state index contributed by atoms with van der Waals surface area (Å²) in [6, 6.07) is 9.90. The quantitative estimate of drug-likeness (QED) is 0.700. The first-order valence-electron chi connectivity index (χ1n) is 8.87. The van der Waals surface area contributed by atoms with E-state index in [9.17, 15) is 4.79 Å². The van der Waals surface area contributed by atoms with Crippen molar-refractivity contribution in [3.63, 3.8) is 0 Å². The summed E-state index contributed by atoms with van der Waals surface area (Å²) < 4.78 is 1.72. The second kappa shape index (κ2) is 8.86. The molecule has 150 valence electrons. The number of nitrogens with zero attached hydrogens (tertiary/aromatic N) is 5. The molecule has 1 saturated heterocycles. The maximum atomic E-state index is 13.0. The Labute approximate surface area is 176 Å². The lowest BCUT2D eigenvalue weighted by molar-refractivity contribution is 0.0736. The number of pyridine rings is 1. The van der Waals surface area contributed by atoms with E-state index in [2.05, 4.69) is 22.2 Å². The van der Waals surface area contributed by atoms with E-state index < -0.39 is 0 Å². The molecule has 0 spiro atoms. The van der Waals surface area contributed by atoms with Gasteiger partial charge < -0.3 is 10.6 Å². The minimum Gasteiger partial charge on any atom is -0.334 e. The zero-order chi connectivity index (χ0) is 18.3. The van der Waals surface area contributed by atoms with Crippen molar-refractivity contribution in [2.45, 2.75) is 26.3 Å². The molecule has 28 heavy (non-hydrogen) atoms. The molecule has 3 aromatic rings. The van der Waals surface area contributed by atoms with Gasteiger partial charge in [0.15, 0.2) is 5.69 Å². The van der Waals surface area contributed by atoms with Gasteiger partial charge in [-0.15, -0.1) is 29.9 Å². The molecule has 2 aromatic heterocycles. The summed E-state index contributed by atoms with van der Waals surface area (Å²) in [6.45, 7) is 5.22. The first-order valence-corrected chi connectivity index (χ1v) is 8.87. The lowest BCUT2D eigenvalue weighted by Crippen LogP contribution is -2.35. The largest absolute Gasteiger partial charge is 0.334 e. The molecule has 0 aliphatic carbocycles. The topological polar surface area (TPSA) is 89.9 Å². The molecule has 2 unspecified atom stereocenters. The fourth-order valence-corrected chi connectivity index (χ4v) is 3.76. The van der Waals surface area contributed by atoms with E-state index in [1.165, 1.54) is 0 Å². The molecular formula is C19H24Cl2N6O. The van der Waals surface area contributed by atoms with E-state index in [-0.39, 0.29) is 36.8 Å². The van der Waals surface area contributed by atoms with Crippen LogP contribution in [-0.2, 0) is 0 Å². The van der Waals surface area contributed by atoms with E-state index in [0.717, 1.165) is 28.7 Å². The van der Waals surface area contributed by atoms with E-state index in [4.69, 9.17) is 5.73 Å². The molecule has 1 aromatic carbocycles. The highest BCUT2D eigenvalue weighted by molar-refractivity contribution is 5.94. The van der Waals surface area contributed by atoms with Crippen LogP contribution < -0.4 is 5.73 Å². The maximum absolute atomic E-state index is 13.0. The molecule has 1 aliphatic heterocycles. The number of halogens is 2. The third-order valence-electron chi connectivity index (χ3n) is 5.20. The fraction of sp³-hybridized carbons (Fsp3) is 0.368. The van der Waals surface area contributed by atoms with Gasteiger partial charge in [0.2, 0.25) is 0 Å². The number of benzene rings is 1. The predicted octanol–water partition coefficient (Wildman–Crippen LogP) is 2.78. The molecule has 0 bridgehead atoms. The Hall–Kier alpha value is -2.22. The minimum absolute atomic E-state index is 0. The van der Waals surface area contributed by atoms with E-state index in [1.54, 1.807) is 10.9 Å². The van der Waals surface area contributed by atoms with Gasteiger partial charge in [0.25, 0.3) is 5.91 Å². The highest BCUT2D eigenvalue weighted by Crippen LogP contribution is 2.26. The molecule has 1 amide bonds. The Kier molecular flexibility index (Phi) is 6.98. The van der Waals surface area contributed by atoms with Crippen LogP contribution in [0.1, 0.15) is 29.5 Å². The van der Waals surface area contributed by atoms with Crippen LogP contribution in [0.15, 0.2) is 36.5 Å². The molecule has 1 fully saturated rings. The predicted molar refractivity (Wildman–Crippen MR) is 114 cm³/mol. The molecule has 0 saturated carbocycles. The Morgan fingerprint density at radius 3 is 2.75 bits per heavy atom. The summed E-state index contributed by atoms with van der Waals surface area (Å²) in [7, 11) is 0. The van der Waals surface area contributed by atoms with Crippen molar-refractivity contribution >= 4 is 41.6 Å². The third kappa shape index (κ3) is 3.70. The lowest BCUT2D eigenvalue weighted by atomic mass is 10.1. The smallest absolute Gasteiger partial charge is 0.276 e. The van der Waals surface area contributed by atoms with Crippen LogP contribution in [0.3, 0.4) is 0 Å². The average Bonchev–Trinajstić information content (AvgIpc) is 3.23. The summed E-state index contributed by atoms with van der Waals surface area (Å²) in [6.07, 6.45) is 2.70. The Morgan fingerprint density at radius 2 is 2.04 bits per heavy atom. The van der Waals surface area contributed by atoms with Gasteiger partial charge in [0.1, 0.15) is 0 Å². The van der Waals surface area contributed by atoms with E-state index >= 15 is 0 Å². The molecular weight excluding hydrogens is 399 g/mol. The standard InChI is InChI=1S/C19H22N6O.2ClH/c1-12-9-14(10-20)11-24(12)19(26)18-13(2)25(23-22-18)17-7-3-6-16-15(17)5-4-8-21-16;;/h3-8,12,14H,9-11,20H2,1-2H3;2*1H. The molecule has 2 atom stereocenters. The van der Waals surface area contributed by atoms with Crippen LogP contribution in [0.5, 0.6) is 0 Å². The van der Waals surface area contributed by atoms with Crippen LogP contribution in [-0.4, -0.2) is 49.9 Å². The lowest BCUT2D eigenvalue weighted by Gasteiger charge is -2.20. The first-order chi connectivity index (χ1) is 12.6. The third-order valence-corrected chi connectivity index (χ3v) is 5.20. The van der Waals surface area contributed by atoms with Gasteiger partial charge in [0.05, 0.1) is 16.9 Å². The second-order valence-corrected chi connectivity index (χ2v) is 6.93. The van der Waals surface area contributed by atoms with Gasteiger partial charge in [-0.1, -0.05) is 11.3 Å². The number of hydrogen-bond acceptors (Lipinski definition) is 5. The number of amides is 1. The first kappa shape index (κ1) is 22.1. The second-order valence-electron chi connectivity index (χ2n) is 6.93. The van der Waals surface area contributed by atoms with Crippen molar-refractivity contribution in [3.05, 3.63) is 47.9 Å². The van der Waals surface area contributed by atoms with Gasteiger partial charge in [-0.2, -0.15) is 0 Å². The normalized spacial score (nSPS) is 18.6. The Balaban J connectivity index is 0.00000140. The van der Waals surface area contributed by atoms with Crippen molar-refractivity contribution in [1.29, 1.82) is 0 Å². The molecule has 4 rings (SSSR count). The van der Waals surface area contributed by atoms with E-state index in [0.29, 0.717) is 24.7 Å². The van der Waals surface area contributed by atoms with Gasteiger partial charge in [-0.3, -0.25) is 9.78 Å². The molecule has 0 radical (unpaired) electrons. The van der Waals surface area contributed by atoms with E-state index in [1.807, 2.05) is 42.2 Å². The van der Waals surface area contributed by atoms with Crippen LogP contribution in [0.2, 0.25) is 0 Å². The summed E-state index contributed by atoms with van der Waals surface area (Å²) >= 11 is 0. The van der Waals surface area contributed by atoms with Gasteiger partial charge in [-0.25, -0.2) is 4.68 Å². The van der Waals surface area contributed by atoms with Gasteiger partial charge in [-0.05, 0) is 57.0 Å². The number of rotatable bonds is 3. The summed E-state index contributed by atoms with van der Waals surface area (Å²) in [5.74, 6) is 0.281. The van der Waals surface area contributed by atoms with Crippen LogP contribution >= 0.6 is 24.8 Å². The highest BCUT2D eigenvalue weighted by atomic mass is 35.5. The number of likely N-dealkylation sites (tertiary alicyclic amines) is 1. The molecule has 1 aliphatic rings. The van der Waals surface area contributed by atoms with Gasteiger partial charge in [0, 0.05) is 24.2 Å². The Bertz CT molecular complexity index is 971. The number of fused-ring (bicyclic) bond motifs is 1. The molecule has 3 heterocycles. The number of carbonyl (C=O) groups excluding carboxylic acids is 1. The summed E-state index contributed by atoms with van der Waals surface area (Å²) in [5.41, 5.74) is 8.66. The molecule has 7 nitrogen and oxygen atoms in total.